The SMILES string of the molecule is CC(C)C(c1ccc(F)cc1S(=O)(=O)C(F)(F)F)C(C)O. The largest absolute Gasteiger partial charge is 0.501 e. The van der Waals surface area contributed by atoms with Gasteiger partial charge in [-0.1, -0.05) is 19.9 Å². The van der Waals surface area contributed by atoms with Gasteiger partial charge in [0, 0.05) is 5.92 Å². The van der Waals surface area contributed by atoms with Crippen molar-refractivity contribution in [1.29, 1.82) is 0 Å². The number of hydrogen-bond acceptors (Lipinski definition) is 3. The van der Waals surface area contributed by atoms with Gasteiger partial charge in [0.05, 0.1) is 11.0 Å². The summed E-state index contributed by atoms with van der Waals surface area (Å²) in [6, 6.07) is 2.20. The molecule has 1 N–H and O–H groups in total. The molecule has 0 aromatic heterocycles. The Morgan fingerprint density at radius 3 is 2.05 bits per heavy atom. The van der Waals surface area contributed by atoms with Gasteiger partial charge in [-0.25, -0.2) is 12.8 Å². The van der Waals surface area contributed by atoms with Crippen molar-refractivity contribution in [3.05, 3.63) is 29.6 Å². The Morgan fingerprint density at radius 1 is 1.14 bits per heavy atom. The summed E-state index contributed by atoms with van der Waals surface area (Å²) >= 11 is 0. The third kappa shape index (κ3) is 3.55. The highest BCUT2D eigenvalue weighted by atomic mass is 32.2. The van der Waals surface area contributed by atoms with Crippen molar-refractivity contribution in [3.8, 4) is 0 Å². The fourth-order valence-electron chi connectivity index (χ4n) is 2.32. The smallest absolute Gasteiger partial charge is 0.393 e. The van der Waals surface area contributed by atoms with E-state index in [2.05, 4.69) is 0 Å². The quantitative estimate of drug-likeness (QED) is 0.863. The van der Waals surface area contributed by atoms with Crippen LogP contribution in [-0.2, 0) is 9.84 Å². The molecule has 1 rings (SSSR count). The molecule has 0 radical (unpaired) electrons. The lowest BCUT2D eigenvalue weighted by atomic mass is 9.84. The minimum Gasteiger partial charge on any atom is -0.393 e. The van der Waals surface area contributed by atoms with Crippen molar-refractivity contribution in [2.45, 2.75) is 43.2 Å². The van der Waals surface area contributed by atoms with Crippen LogP contribution in [0.25, 0.3) is 0 Å². The molecule has 0 aliphatic rings. The zero-order valence-electron chi connectivity index (χ0n) is 11.6. The minimum absolute atomic E-state index is 0.237. The molecule has 0 aliphatic carbocycles. The van der Waals surface area contributed by atoms with E-state index < -0.39 is 38.1 Å². The van der Waals surface area contributed by atoms with Crippen LogP contribution in [0.15, 0.2) is 23.1 Å². The highest BCUT2D eigenvalue weighted by Crippen LogP contribution is 2.38. The average molecular weight is 328 g/mol. The summed E-state index contributed by atoms with van der Waals surface area (Å²) < 4.78 is 74.6. The first kappa shape index (κ1) is 17.9. The summed E-state index contributed by atoms with van der Waals surface area (Å²) in [6.07, 6.45) is -1.09. The Labute approximate surface area is 120 Å². The number of aliphatic hydroxyl groups excluding tert-OH is 1. The summed E-state index contributed by atoms with van der Waals surface area (Å²) in [5.74, 6) is -2.29. The summed E-state index contributed by atoms with van der Waals surface area (Å²) in [5, 5.41) is 9.73. The van der Waals surface area contributed by atoms with Gasteiger partial charge in [0.25, 0.3) is 9.84 Å². The zero-order chi connectivity index (χ0) is 16.6. The maximum absolute atomic E-state index is 13.2. The zero-order valence-corrected chi connectivity index (χ0v) is 12.5. The number of hydrogen-bond donors (Lipinski definition) is 1. The topological polar surface area (TPSA) is 54.4 Å². The Kier molecular flexibility index (Phi) is 5.05. The highest BCUT2D eigenvalue weighted by Gasteiger charge is 2.48. The van der Waals surface area contributed by atoms with Crippen LogP contribution >= 0.6 is 0 Å². The fraction of sp³-hybridized carbons (Fsp3) is 0.538. The van der Waals surface area contributed by atoms with Crippen LogP contribution in [0.4, 0.5) is 17.6 Å². The average Bonchev–Trinajstić information content (AvgIpc) is 2.28. The Balaban J connectivity index is 3.64. The van der Waals surface area contributed by atoms with E-state index in [4.69, 9.17) is 0 Å². The van der Waals surface area contributed by atoms with Crippen LogP contribution < -0.4 is 0 Å². The molecule has 120 valence electrons. The first-order chi connectivity index (χ1) is 9.39. The number of sulfone groups is 1. The Hall–Kier alpha value is -1.15. The van der Waals surface area contributed by atoms with Crippen molar-refractivity contribution in [2.75, 3.05) is 0 Å². The molecule has 2 atom stereocenters. The number of halogens is 4. The molecule has 0 fully saturated rings. The predicted octanol–water partition coefficient (Wildman–Crippen LogP) is 3.24. The monoisotopic (exact) mass is 328 g/mol. The van der Waals surface area contributed by atoms with E-state index in [0.29, 0.717) is 6.07 Å². The van der Waals surface area contributed by atoms with Gasteiger partial charge in [-0.15, -0.1) is 0 Å². The van der Waals surface area contributed by atoms with Gasteiger partial charge in [0.1, 0.15) is 5.82 Å². The molecule has 0 saturated carbocycles. The van der Waals surface area contributed by atoms with Crippen LogP contribution in [0.2, 0.25) is 0 Å². The van der Waals surface area contributed by atoms with Gasteiger partial charge >= 0.3 is 5.51 Å². The lowest BCUT2D eigenvalue weighted by molar-refractivity contribution is -0.0437. The van der Waals surface area contributed by atoms with Crippen molar-refractivity contribution in [1.82, 2.24) is 0 Å². The van der Waals surface area contributed by atoms with E-state index in [9.17, 15) is 31.1 Å². The fourth-order valence-corrected chi connectivity index (χ4v) is 3.35. The third-order valence-electron chi connectivity index (χ3n) is 3.17. The highest BCUT2D eigenvalue weighted by molar-refractivity contribution is 7.92. The second-order valence-electron chi connectivity index (χ2n) is 5.14. The van der Waals surface area contributed by atoms with Crippen molar-refractivity contribution in [2.24, 2.45) is 5.92 Å². The van der Waals surface area contributed by atoms with Crippen molar-refractivity contribution >= 4 is 9.84 Å². The van der Waals surface area contributed by atoms with E-state index in [0.717, 1.165) is 12.1 Å². The second-order valence-corrected chi connectivity index (χ2v) is 7.05. The van der Waals surface area contributed by atoms with Gasteiger partial charge in [0.2, 0.25) is 0 Å². The summed E-state index contributed by atoms with van der Waals surface area (Å²) in [7, 11) is -5.69. The molecule has 3 nitrogen and oxygen atoms in total. The van der Waals surface area contributed by atoms with Gasteiger partial charge in [-0.05, 0) is 30.5 Å². The molecule has 21 heavy (non-hydrogen) atoms. The molecule has 0 bridgehead atoms. The van der Waals surface area contributed by atoms with Crippen molar-refractivity contribution < 1.29 is 31.1 Å². The lowest BCUT2D eigenvalue weighted by Gasteiger charge is -2.26. The molecular formula is C13H16F4O3S. The maximum atomic E-state index is 13.2. The van der Waals surface area contributed by atoms with Crippen molar-refractivity contribution in [3.63, 3.8) is 0 Å². The number of rotatable bonds is 4. The molecule has 0 spiro atoms. The van der Waals surface area contributed by atoms with Crippen LogP contribution in [0, 0.1) is 11.7 Å². The van der Waals surface area contributed by atoms with Gasteiger partial charge in [0.15, 0.2) is 0 Å². The summed E-state index contributed by atoms with van der Waals surface area (Å²) in [4.78, 5) is -1.14. The molecule has 0 amide bonds. The molecule has 2 unspecified atom stereocenters. The van der Waals surface area contributed by atoms with Crippen LogP contribution in [0.3, 0.4) is 0 Å². The minimum atomic E-state index is -5.69. The predicted molar refractivity (Wildman–Crippen MR) is 68.9 cm³/mol. The number of benzene rings is 1. The van der Waals surface area contributed by atoms with E-state index in [1.54, 1.807) is 13.8 Å². The molecule has 1 aromatic carbocycles. The second kappa shape index (κ2) is 5.92. The number of alkyl halides is 3. The lowest BCUT2D eigenvalue weighted by Crippen LogP contribution is -2.28. The van der Waals surface area contributed by atoms with Crippen LogP contribution in [0.1, 0.15) is 32.3 Å². The van der Waals surface area contributed by atoms with Gasteiger partial charge in [-0.3, -0.25) is 0 Å². The Bertz CT molecular complexity index is 598. The molecule has 0 saturated heterocycles. The van der Waals surface area contributed by atoms with Gasteiger partial charge < -0.3 is 5.11 Å². The van der Waals surface area contributed by atoms with E-state index in [1.165, 1.54) is 6.92 Å². The number of aliphatic hydroxyl groups is 1. The summed E-state index contributed by atoms with van der Waals surface area (Å²) in [6.45, 7) is 4.60. The Morgan fingerprint density at radius 2 is 1.67 bits per heavy atom. The van der Waals surface area contributed by atoms with Gasteiger partial charge in [-0.2, -0.15) is 13.2 Å². The normalized spacial score (nSPS) is 16.0. The summed E-state index contributed by atoms with van der Waals surface area (Å²) in [5.41, 5.74) is -5.77. The van der Waals surface area contributed by atoms with Crippen LogP contribution in [-0.4, -0.2) is 25.1 Å². The standard InChI is InChI=1S/C13H16F4O3S/c1-7(2)12(8(3)18)10-5-4-9(14)6-11(10)21(19,20)13(15,16)17/h4-8,12,18H,1-3H3. The molecule has 8 heteroatoms. The van der Waals surface area contributed by atoms with E-state index in [-0.39, 0.29) is 11.5 Å². The molecular weight excluding hydrogens is 312 g/mol. The van der Waals surface area contributed by atoms with Crippen LogP contribution in [0.5, 0.6) is 0 Å². The van der Waals surface area contributed by atoms with E-state index in [1.807, 2.05) is 0 Å². The molecule has 0 aliphatic heterocycles. The molecule has 1 aromatic rings. The first-order valence-corrected chi connectivity index (χ1v) is 7.66. The molecule has 0 heterocycles. The van der Waals surface area contributed by atoms with E-state index >= 15 is 0 Å². The third-order valence-corrected chi connectivity index (χ3v) is 4.71. The first-order valence-electron chi connectivity index (χ1n) is 6.18. The maximum Gasteiger partial charge on any atom is 0.501 e.